The summed E-state index contributed by atoms with van der Waals surface area (Å²) in [5, 5.41) is 0. The highest BCUT2D eigenvalue weighted by Crippen LogP contribution is 2.26. The van der Waals surface area contributed by atoms with Crippen LogP contribution >= 0.6 is 0 Å². The summed E-state index contributed by atoms with van der Waals surface area (Å²) >= 11 is 0. The number of rotatable bonds is 3. The second kappa shape index (κ2) is 7.16. The molecular weight excluding hydrogens is 381 g/mol. The van der Waals surface area contributed by atoms with Gasteiger partial charge in [0.25, 0.3) is 0 Å². The molecule has 4 rings (SSSR count). The topological polar surface area (TPSA) is 36.2 Å². The van der Waals surface area contributed by atoms with Crippen LogP contribution in [-0.2, 0) is 0 Å². The van der Waals surface area contributed by atoms with E-state index < -0.39 is 6.36 Å². The fourth-order valence-electron chi connectivity index (χ4n) is 3.28. The molecule has 1 heterocycles. The lowest BCUT2D eigenvalue weighted by atomic mass is 10.2. The van der Waals surface area contributed by atoms with Crippen molar-refractivity contribution in [1.29, 1.82) is 0 Å². The van der Waals surface area contributed by atoms with Gasteiger partial charge in [-0.1, -0.05) is 29.8 Å². The number of halogens is 3. The third-order valence-electron chi connectivity index (χ3n) is 4.57. The van der Waals surface area contributed by atoms with Gasteiger partial charge in [0.05, 0.1) is 22.8 Å². The van der Waals surface area contributed by atoms with Crippen molar-refractivity contribution in [2.45, 2.75) is 19.7 Å². The molecular formula is C22H17F3N2O2. The fourth-order valence-corrected chi connectivity index (χ4v) is 3.28. The van der Waals surface area contributed by atoms with Gasteiger partial charge in [0, 0.05) is 0 Å². The molecule has 0 spiro atoms. The van der Waals surface area contributed by atoms with Crippen LogP contribution in [-0.4, -0.2) is 15.5 Å². The number of allylic oxidation sites excluding steroid dienone is 2. The second-order valence-corrected chi connectivity index (χ2v) is 6.64. The van der Waals surface area contributed by atoms with Crippen LogP contribution in [0.4, 0.5) is 13.2 Å². The first-order valence-corrected chi connectivity index (χ1v) is 8.97. The van der Waals surface area contributed by atoms with Crippen molar-refractivity contribution in [2.24, 2.45) is 0 Å². The van der Waals surface area contributed by atoms with Gasteiger partial charge in [0.15, 0.2) is 0 Å². The maximum absolute atomic E-state index is 13.3. The van der Waals surface area contributed by atoms with Gasteiger partial charge in [0.2, 0.25) is 0 Å². The molecule has 0 bridgehead atoms. The zero-order valence-corrected chi connectivity index (χ0v) is 15.5. The van der Waals surface area contributed by atoms with Crippen LogP contribution in [0.2, 0.25) is 0 Å². The number of benzene rings is 2. The Bertz CT molecular complexity index is 1150. The summed E-state index contributed by atoms with van der Waals surface area (Å²) in [5.74, 6) is -0.339. The summed E-state index contributed by atoms with van der Waals surface area (Å²) in [6.07, 6.45) is 3.57. The Kier molecular flexibility index (Phi) is 4.66. The van der Waals surface area contributed by atoms with Crippen molar-refractivity contribution in [2.75, 3.05) is 0 Å². The molecule has 0 unspecified atom stereocenters. The minimum absolute atomic E-state index is 0.306. The summed E-state index contributed by atoms with van der Waals surface area (Å²) < 4.78 is 44.3. The lowest BCUT2D eigenvalue weighted by molar-refractivity contribution is -0.274. The van der Waals surface area contributed by atoms with Gasteiger partial charge in [-0.3, -0.25) is 9.13 Å². The van der Waals surface area contributed by atoms with Gasteiger partial charge >= 0.3 is 12.1 Å². The van der Waals surface area contributed by atoms with Crippen LogP contribution in [0.15, 0.2) is 65.5 Å². The summed E-state index contributed by atoms with van der Waals surface area (Å²) in [6.45, 7) is 1.96. The average Bonchev–Trinajstić information content (AvgIpc) is 2.80. The maximum atomic E-state index is 13.3. The lowest BCUT2D eigenvalue weighted by Gasteiger charge is -2.10. The highest BCUT2D eigenvalue weighted by atomic mass is 19.4. The largest absolute Gasteiger partial charge is 0.573 e. The summed E-state index contributed by atoms with van der Waals surface area (Å²) in [7, 11) is 0. The molecule has 0 amide bonds. The zero-order valence-electron chi connectivity index (χ0n) is 15.5. The van der Waals surface area contributed by atoms with Crippen LogP contribution in [0, 0.1) is 6.92 Å². The highest BCUT2D eigenvalue weighted by molar-refractivity contribution is 5.67. The van der Waals surface area contributed by atoms with Crippen LogP contribution in [0.5, 0.6) is 5.75 Å². The Balaban J connectivity index is 1.87. The maximum Gasteiger partial charge on any atom is 0.573 e. The molecule has 148 valence electrons. The van der Waals surface area contributed by atoms with E-state index in [1.165, 1.54) is 28.8 Å². The van der Waals surface area contributed by atoms with Crippen LogP contribution in [0.25, 0.3) is 23.5 Å². The van der Waals surface area contributed by atoms with Crippen molar-refractivity contribution in [3.63, 3.8) is 0 Å². The van der Waals surface area contributed by atoms with Crippen LogP contribution < -0.4 is 10.4 Å². The van der Waals surface area contributed by atoms with Crippen LogP contribution in [0.3, 0.4) is 0 Å². The predicted octanol–water partition coefficient (Wildman–Crippen LogP) is 5.27. The normalized spacial score (nSPS) is 13.2. The number of alkyl halides is 3. The van der Waals surface area contributed by atoms with Crippen molar-refractivity contribution in [1.82, 2.24) is 9.13 Å². The Morgan fingerprint density at radius 2 is 1.31 bits per heavy atom. The number of imidazole rings is 1. The summed E-state index contributed by atoms with van der Waals surface area (Å²) in [4.78, 5) is 13.3. The second-order valence-electron chi connectivity index (χ2n) is 6.64. The first-order chi connectivity index (χ1) is 13.8. The molecule has 1 aromatic heterocycles. The van der Waals surface area contributed by atoms with E-state index in [-0.39, 0.29) is 11.4 Å². The SMILES string of the molecule is Cc1ccc(-n2c3c(n(-c4ccc(OC(F)(F)F)cc4)c2=O)C=CCC=C3)cc1. The Morgan fingerprint density at radius 3 is 1.79 bits per heavy atom. The van der Waals surface area contributed by atoms with Gasteiger partial charge in [0.1, 0.15) is 5.75 Å². The monoisotopic (exact) mass is 398 g/mol. The van der Waals surface area contributed by atoms with Gasteiger partial charge in [-0.25, -0.2) is 4.79 Å². The number of ether oxygens (including phenoxy) is 1. The standard InChI is InChI=1S/C22H17F3N2O2/c1-15-7-9-16(10-8-15)26-19-5-3-2-4-6-20(19)27(21(26)28)17-11-13-18(14-12-17)29-22(23,24)25/h3-14H,2H2,1H3. The van der Waals surface area contributed by atoms with E-state index in [1.807, 2.05) is 55.5 Å². The Morgan fingerprint density at radius 1 is 0.828 bits per heavy atom. The third-order valence-corrected chi connectivity index (χ3v) is 4.57. The van der Waals surface area contributed by atoms with E-state index in [1.54, 1.807) is 4.57 Å². The molecule has 0 radical (unpaired) electrons. The van der Waals surface area contributed by atoms with E-state index in [0.29, 0.717) is 22.8 Å². The molecule has 0 atom stereocenters. The number of fused-ring (bicyclic) bond motifs is 1. The van der Waals surface area contributed by atoms with E-state index in [4.69, 9.17) is 0 Å². The van der Waals surface area contributed by atoms with E-state index in [9.17, 15) is 18.0 Å². The van der Waals surface area contributed by atoms with Crippen molar-refractivity contribution in [3.05, 3.63) is 88.1 Å². The molecule has 0 saturated heterocycles. The molecule has 7 heteroatoms. The number of hydrogen-bond acceptors (Lipinski definition) is 2. The molecule has 3 aromatic rings. The summed E-state index contributed by atoms with van der Waals surface area (Å²) in [6, 6.07) is 12.8. The minimum Gasteiger partial charge on any atom is -0.406 e. The quantitative estimate of drug-likeness (QED) is 0.603. The molecule has 4 nitrogen and oxygen atoms in total. The average molecular weight is 398 g/mol. The van der Waals surface area contributed by atoms with E-state index in [2.05, 4.69) is 4.74 Å². The predicted molar refractivity (Wildman–Crippen MR) is 105 cm³/mol. The summed E-state index contributed by atoms with van der Waals surface area (Å²) in [5.41, 5.74) is 3.30. The zero-order chi connectivity index (χ0) is 20.6. The molecule has 2 aromatic carbocycles. The van der Waals surface area contributed by atoms with Gasteiger partial charge in [-0.05, 0) is 61.9 Å². The van der Waals surface area contributed by atoms with Crippen LogP contribution in [0.1, 0.15) is 23.4 Å². The highest BCUT2D eigenvalue weighted by Gasteiger charge is 2.31. The van der Waals surface area contributed by atoms with E-state index >= 15 is 0 Å². The molecule has 1 aliphatic rings. The molecule has 0 aliphatic heterocycles. The number of aromatic nitrogens is 2. The molecule has 0 saturated carbocycles. The van der Waals surface area contributed by atoms with Gasteiger partial charge < -0.3 is 4.74 Å². The van der Waals surface area contributed by atoms with Crippen molar-refractivity contribution < 1.29 is 17.9 Å². The fraction of sp³-hybridized carbons (Fsp3) is 0.136. The molecule has 29 heavy (non-hydrogen) atoms. The number of aryl methyl sites for hydroxylation is 1. The lowest BCUT2D eigenvalue weighted by Crippen LogP contribution is -2.23. The minimum atomic E-state index is -4.77. The Hall–Kier alpha value is -3.48. The van der Waals surface area contributed by atoms with Crippen molar-refractivity contribution >= 4 is 12.2 Å². The Labute approximate surface area is 164 Å². The first-order valence-electron chi connectivity index (χ1n) is 8.97. The van der Waals surface area contributed by atoms with Crippen molar-refractivity contribution in [3.8, 4) is 17.1 Å². The molecule has 1 aliphatic carbocycles. The number of nitrogens with zero attached hydrogens (tertiary/aromatic N) is 2. The van der Waals surface area contributed by atoms with Gasteiger partial charge in [-0.15, -0.1) is 13.2 Å². The first kappa shape index (κ1) is 18.9. The number of hydrogen-bond donors (Lipinski definition) is 0. The smallest absolute Gasteiger partial charge is 0.406 e. The molecule has 0 fully saturated rings. The molecule has 0 N–H and O–H groups in total. The van der Waals surface area contributed by atoms with E-state index in [0.717, 1.165) is 12.0 Å². The third kappa shape index (κ3) is 3.76. The van der Waals surface area contributed by atoms with Gasteiger partial charge in [-0.2, -0.15) is 0 Å².